The Hall–Kier alpha value is -2.87. The molecule has 1 N–H and O–H groups in total. The number of benzene rings is 1. The van der Waals surface area contributed by atoms with Gasteiger partial charge in [-0.15, -0.1) is 0 Å². The Kier molecular flexibility index (Phi) is 4.81. The molecule has 0 amide bonds. The maximum Gasteiger partial charge on any atom is 0.311 e. The first-order valence-corrected chi connectivity index (χ1v) is 9.18. The Morgan fingerprint density at radius 2 is 2.15 bits per heavy atom. The first-order chi connectivity index (χ1) is 13.1. The number of nitro benzene ring substituents is 1. The smallest absolute Gasteiger partial charge is 0.311 e. The number of aromatic nitrogens is 2. The number of phenolic OH excluding ortho intramolecular Hbond substituents is 1. The van der Waals surface area contributed by atoms with Crippen molar-refractivity contribution in [1.82, 2.24) is 14.9 Å². The first-order valence-electron chi connectivity index (χ1n) is 9.18. The van der Waals surface area contributed by atoms with Crippen molar-refractivity contribution in [2.24, 2.45) is 4.99 Å². The number of phenols is 1. The molecule has 0 bridgehead atoms. The second-order valence-electron chi connectivity index (χ2n) is 6.95. The molecule has 0 unspecified atom stereocenters. The summed E-state index contributed by atoms with van der Waals surface area (Å²) in [4.78, 5) is 26.4. The van der Waals surface area contributed by atoms with Crippen LogP contribution < -0.4 is 0 Å². The zero-order valence-corrected chi connectivity index (χ0v) is 15.0. The van der Waals surface area contributed by atoms with Gasteiger partial charge in [0.1, 0.15) is 0 Å². The summed E-state index contributed by atoms with van der Waals surface area (Å²) in [5.41, 5.74) is 3.42. The lowest BCUT2D eigenvalue weighted by Gasteiger charge is -2.28. The third-order valence-electron chi connectivity index (χ3n) is 5.08. The molecule has 3 heterocycles. The van der Waals surface area contributed by atoms with Crippen LogP contribution in [0.15, 0.2) is 29.4 Å². The summed E-state index contributed by atoms with van der Waals surface area (Å²) in [5, 5.41) is 21.2. The summed E-state index contributed by atoms with van der Waals surface area (Å²) >= 11 is 0. The Bertz CT molecular complexity index is 912. The molecule has 0 fully saturated rings. The molecule has 0 spiro atoms. The normalized spacial score (nSPS) is 17.3. The molecular weight excluding hydrogens is 346 g/mol. The van der Waals surface area contributed by atoms with E-state index in [-0.39, 0.29) is 11.4 Å². The number of hydrogen-bond donors (Lipinski definition) is 1. The van der Waals surface area contributed by atoms with Gasteiger partial charge in [0.2, 0.25) is 0 Å². The molecule has 2 aliphatic heterocycles. The van der Waals surface area contributed by atoms with Crippen LogP contribution in [0.25, 0.3) is 0 Å². The van der Waals surface area contributed by atoms with Gasteiger partial charge in [-0.05, 0) is 19.3 Å². The zero-order valence-electron chi connectivity index (χ0n) is 15.0. The summed E-state index contributed by atoms with van der Waals surface area (Å²) in [6, 6.07) is 4.64. The van der Waals surface area contributed by atoms with Gasteiger partial charge in [-0.3, -0.25) is 20.0 Å². The Morgan fingerprint density at radius 1 is 1.26 bits per heavy atom. The number of para-hydroxylation sites is 1. The van der Waals surface area contributed by atoms with Gasteiger partial charge >= 0.3 is 5.69 Å². The van der Waals surface area contributed by atoms with Gasteiger partial charge < -0.3 is 5.11 Å². The van der Waals surface area contributed by atoms with E-state index in [9.17, 15) is 15.2 Å². The average Bonchev–Trinajstić information content (AvgIpc) is 2.69. The summed E-state index contributed by atoms with van der Waals surface area (Å²) in [6.45, 7) is 2.74. The van der Waals surface area contributed by atoms with Crippen molar-refractivity contribution >= 4 is 11.4 Å². The second kappa shape index (κ2) is 7.40. The van der Waals surface area contributed by atoms with E-state index in [2.05, 4.69) is 14.9 Å². The molecule has 0 radical (unpaired) electrons. The molecule has 8 nitrogen and oxygen atoms in total. The lowest BCUT2D eigenvalue weighted by Crippen LogP contribution is -2.31. The number of aliphatic imine (C=N–C) groups is 1. The molecule has 1 aromatic heterocycles. The molecule has 1 aromatic carbocycles. The fraction of sp³-hybridized carbons (Fsp3) is 0.421. The SMILES string of the molecule is O=[N+]([O-])c1cccc(CN2CCc3nc(C4=NCCCC4)ncc3C2)c1O. The summed E-state index contributed by atoms with van der Waals surface area (Å²) in [6.07, 6.45) is 5.87. The lowest BCUT2D eigenvalue weighted by molar-refractivity contribution is -0.385. The van der Waals surface area contributed by atoms with Gasteiger partial charge in [-0.25, -0.2) is 9.97 Å². The van der Waals surface area contributed by atoms with Crippen LogP contribution in [0, 0.1) is 10.1 Å². The Labute approximate surface area is 156 Å². The summed E-state index contributed by atoms with van der Waals surface area (Å²) in [5.74, 6) is 0.494. The highest BCUT2D eigenvalue weighted by atomic mass is 16.6. The number of nitrogens with zero attached hydrogens (tertiary/aromatic N) is 5. The van der Waals surface area contributed by atoms with Crippen LogP contribution in [0.4, 0.5) is 5.69 Å². The largest absolute Gasteiger partial charge is 0.502 e. The molecule has 0 atom stereocenters. The Morgan fingerprint density at radius 3 is 2.93 bits per heavy atom. The number of aromatic hydroxyl groups is 1. The maximum absolute atomic E-state index is 11.0. The van der Waals surface area contributed by atoms with E-state index in [1.54, 1.807) is 12.1 Å². The van der Waals surface area contributed by atoms with E-state index in [1.807, 2.05) is 6.20 Å². The lowest BCUT2D eigenvalue weighted by atomic mass is 10.0. The minimum atomic E-state index is -0.562. The molecule has 140 valence electrons. The average molecular weight is 367 g/mol. The fourth-order valence-electron chi connectivity index (χ4n) is 3.62. The van der Waals surface area contributed by atoms with Crippen LogP contribution in [0.2, 0.25) is 0 Å². The van der Waals surface area contributed by atoms with E-state index in [0.29, 0.717) is 18.7 Å². The molecule has 2 aromatic rings. The number of nitro groups is 1. The molecular formula is C19H21N5O3. The van der Waals surface area contributed by atoms with Crippen LogP contribution in [0.1, 0.15) is 41.9 Å². The topological polar surface area (TPSA) is 105 Å². The standard InChI is InChI=1S/C19H21N5O3/c25-18-13(4-3-6-17(18)24(26)27)11-23-9-7-15-14(12-23)10-21-19(22-15)16-5-1-2-8-20-16/h3-4,6,10,25H,1-2,5,7-9,11-12H2. The van der Waals surface area contributed by atoms with Crippen LogP contribution in [-0.4, -0.2) is 43.7 Å². The highest BCUT2D eigenvalue weighted by Gasteiger charge is 2.23. The van der Waals surface area contributed by atoms with Gasteiger partial charge in [0.15, 0.2) is 11.6 Å². The number of fused-ring (bicyclic) bond motifs is 1. The second-order valence-corrected chi connectivity index (χ2v) is 6.95. The van der Waals surface area contributed by atoms with Crippen molar-refractivity contribution in [3.05, 3.63) is 57.2 Å². The molecule has 0 saturated heterocycles. The van der Waals surface area contributed by atoms with Crippen molar-refractivity contribution < 1.29 is 10.0 Å². The van der Waals surface area contributed by atoms with Crippen molar-refractivity contribution in [1.29, 1.82) is 0 Å². The first kappa shape index (κ1) is 17.5. The fourth-order valence-corrected chi connectivity index (χ4v) is 3.62. The predicted octanol–water partition coefficient (Wildman–Crippen LogP) is 2.62. The van der Waals surface area contributed by atoms with E-state index < -0.39 is 4.92 Å². The minimum absolute atomic E-state index is 0.254. The van der Waals surface area contributed by atoms with Gasteiger partial charge in [0.05, 0.1) is 16.3 Å². The third kappa shape index (κ3) is 3.66. The highest BCUT2D eigenvalue weighted by molar-refractivity contribution is 5.97. The van der Waals surface area contributed by atoms with Gasteiger partial charge in [0.25, 0.3) is 0 Å². The predicted molar refractivity (Wildman–Crippen MR) is 99.9 cm³/mol. The third-order valence-corrected chi connectivity index (χ3v) is 5.08. The van der Waals surface area contributed by atoms with Gasteiger partial charge in [-0.1, -0.05) is 12.1 Å². The Balaban J connectivity index is 1.50. The molecule has 2 aliphatic rings. The van der Waals surface area contributed by atoms with Crippen molar-refractivity contribution in [2.45, 2.75) is 38.8 Å². The molecule has 0 aliphatic carbocycles. The quantitative estimate of drug-likeness (QED) is 0.658. The highest BCUT2D eigenvalue weighted by Crippen LogP contribution is 2.31. The van der Waals surface area contributed by atoms with E-state index in [4.69, 9.17) is 4.98 Å². The van der Waals surface area contributed by atoms with Gasteiger partial charge in [0, 0.05) is 56.0 Å². The number of rotatable bonds is 4. The van der Waals surface area contributed by atoms with Crippen LogP contribution in [-0.2, 0) is 19.5 Å². The summed E-state index contributed by atoms with van der Waals surface area (Å²) < 4.78 is 0. The van der Waals surface area contributed by atoms with E-state index in [0.717, 1.165) is 61.6 Å². The summed E-state index contributed by atoms with van der Waals surface area (Å²) in [7, 11) is 0. The van der Waals surface area contributed by atoms with Crippen LogP contribution in [0.5, 0.6) is 5.75 Å². The number of hydrogen-bond acceptors (Lipinski definition) is 7. The maximum atomic E-state index is 11.0. The van der Waals surface area contributed by atoms with Crippen LogP contribution >= 0.6 is 0 Å². The van der Waals surface area contributed by atoms with Crippen molar-refractivity contribution in [2.75, 3.05) is 13.1 Å². The minimum Gasteiger partial charge on any atom is -0.502 e. The molecule has 4 rings (SSSR count). The van der Waals surface area contributed by atoms with Crippen LogP contribution in [0.3, 0.4) is 0 Å². The molecule has 0 saturated carbocycles. The van der Waals surface area contributed by atoms with Crippen molar-refractivity contribution in [3.63, 3.8) is 0 Å². The molecule has 8 heteroatoms. The molecule has 27 heavy (non-hydrogen) atoms. The zero-order chi connectivity index (χ0) is 18.8. The van der Waals surface area contributed by atoms with E-state index in [1.165, 1.54) is 6.07 Å². The van der Waals surface area contributed by atoms with Crippen molar-refractivity contribution in [3.8, 4) is 5.75 Å². The monoisotopic (exact) mass is 367 g/mol. The van der Waals surface area contributed by atoms with Gasteiger partial charge in [-0.2, -0.15) is 0 Å². The van der Waals surface area contributed by atoms with E-state index >= 15 is 0 Å².